The Balaban J connectivity index is 2.38. The lowest BCUT2D eigenvalue weighted by atomic mass is 10.0. The Kier molecular flexibility index (Phi) is 4.38. The number of aromatic amines is 1. The molecule has 2 heterocycles. The van der Waals surface area contributed by atoms with E-state index in [9.17, 15) is 0 Å². The van der Waals surface area contributed by atoms with Crippen LogP contribution in [0.3, 0.4) is 0 Å². The van der Waals surface area contributed by atoms with Gasteiger partial charge in [-0.1, -0.05) is 26.1 Å². The second-order valence-electron chi connectivity index (χ2n) is 5.88. The molecule has 2 rings (SSSR count). The Morgan fingerprint density at radius 1 is 1.32 bits per heavy atom. The number of nitrogens with one attached hydrogen (secondary N) is 1. The monoisotopic (exact) mass is 280 g/mol. The van der Waals surface area contributed by atoms with Crippen molar-refractivity contribution in [3.05, 3.63) is 21.7 Å². The second kappa shape index (κ2) is 5.69. The van der Waals surface area contributed by atoms with Crippen molar-refractivity contribution in [2.24, 2.45) is 0 Å². The van der Waals surface area contributed by atoms with Crippen molar-refractivity contribution in [1.29, 1.82) is 0 Å². The van der Waals surface area contributed by atoms with Crippen LogP contribution >= 0.6 is 12.2 Å². The van der Waals surface area contributed by atoms with Crippen LogP contribution in [0.25, 0.3) is 0 Å². The first-order chi connectivity index (χ1) is 8.90. The number of H-pyrrole nitrogens is 1. The van der Waals surface area contributed by atoms with Gasteiger partial charge in [-0.2, -0.15) is 0 Å². The molecule has 1 N–H and O–H groups in total. The van der Waals surface area contributed by atoms with Crippen molar-refractivity contribution >= 4 is 12.2 Å². The SMILES string of the molecule is Cc1[nH]c(C2CN(C)CCN2C)nc(=S)c1C(C)C. The molecule has 0 saturated carbocycles. The Bertz CT molecular complexity index is 509. The molecule has 0 aliphatic carbocycles. The van der Waals surface area contributed by atoms with Gasteiger partial charge in [-0.15, -0.1) is 0 Å². The fourth-order valence-electron chi connectivity index (χ4n) is 2.76. The molecule has 106 valence electrons. The standard InChI is InChI=1S/C14H24N4S/c1-9(2)12-10(3)15-13(16-14(12)19)11-8-17(4)6-7-18(11)5/h9,11H,6-8H2,1-5H3,(H,15,16,19). The number of likely N-dealkylation sites (N-methyl/N-ethyl adjacent to an activating group) is 2. The summed E-state index contributed by atoms with van der Waals surface area (Å²) in [5, 5.41) is 0. The Labute approximate surface area is 120 Å². The van der Waals surface area contributed by atoms with Gasteiger partial charge in [0.05, 0.1) is 6.04 Å². The molecule has 0 bridgehead atoms. The molecule has 5 heteroatoms. The van der Waals surface area contributed by atoms with Gasteiger partial charge < -0.3 is 9.88 Å². The third-order valence-corrected chi connectivity index (χ3v) is 4.23. The second-order valence-corrected chi connectivity index (χ2v) is 6.27. The van der Waals surface area contributed by atoms with Gasteiger partial charge >= 0.3 is 0 Å². The van der Waals surface area contributed by atoms with E-state index in [0.717, 1.165) is 35.8 Å². The summed E-state index contributed by atoms with van der Waals surface area (Å²) in [6.45, 7) is 9.59. The number of hydrogen-bond donors (Lipinski definition) is 1. The minimum absolute atomic E-state index is 0.306. The molecule has 1 aliphatic rings. The number of rotatable bonds is 2. The molecule has 1 aromatic heterocycles. The van der Waals surface area contributed by atoms with Crippen molar-refractivity contribution in [2.75, 3.05) is 33.7 Å². The molecule has 19 heavy (non-hydrogen) atoms. The highest BCUT2D eigenvalue weighted by Gasteiger charge is 2.26. The Morgan fingerprint density at radius 3 is 2.58 bits per heavy atom. The van der Waals surface area contributed by atoms with Gasteiger partial charge in [0.2, 0.25) is 0 Å². The predicted octanol–water partition coefficient (Wildman–Crippen LogP) is 2.49. The molecule has 1 fully saturated rings. The fourth-order valence-corrected chi connectivity index (χ4v) is 3.25. The van der Waals surface area contributed by atoms with E-state index in [1.54, 1.807) is 0 Å². The lowest BCUT2D eigenvalue weighted by molar-refractivity contribution is 0.109. The maximum Gasteiger partial charge on any atom is 0.133 e. The van der Waals surface area contributed by atoms with Gasteiger partial charge in [-0.3, -0.25) is 4.90 Å². The fraction of sp³-hybridized carbons (Fsp3) is 0.714. The number of hydrogen-bond acceptors (Lipinski definition) is 4. The van der Waals surface area contributed by atoms with Gasteiger partial charge in [0.15, 0.2) is 0 Å². The van der Waals surface area contributed by atoms with E-state index in [-0.39, 0.29) is 0 Å². The molecule has 0 spiro atoms. The predicted molar refractivity (Wildman–Crippen MR) is 81.1 cm³/mol. The van der Waals surface area contributed by atoms with E-state index >= 15 is 0 Å². The number of aryl methyl sites for hydroxylation is 1. The minimum Gasteiger partial charge on any atom is -0.346 e. The smallest absolute Gasteiger partial charge is 0.133 e. The van der Waals surface area contributed by atoms with Crippen LogP contribution in [0.4, 0.5) is 0 Å². The van der Waals surface area contributed by atoms with Gasteiger partial charge in [-0.05, 0) is 26.9 Å². The third kappa shape index (κ3) is 3.04. The van der Waals surface area contributed by atoms with Crippen LogP contribution in [0.5, 0.6) is 0 Å². The molecule has 1 saturated heterocycles. The first-order valence-corrected chi connectivity index (χ1v) is 7.30. The lowest BCUT2D eigenvalue weighted by Gasteiger charge is -2.37. The summed E-state index contributed by atoms with van der Waals surface area (Å²) >= 11 is 5.48. The molecule has 0 aromatic carbocycles. The van der Waals surface area contributed by atoms with Gasteiger partial charge in [0.1, 0.15) is 10.5 Å². The molecule has 0 amide bonds. The Morgan fingerprint density at radius 2 is 2.00 bits per heavy atom. The molecule has 4 nitrogen and oxygen atoms in total. The summed E-state index contributed by atoms with van der Waals surface area (Å²) in [6, 6.07) is 0.306. The van der Waals surface area contributed by atoms with E-state index in [0.29, 0.717) is 12.0 Å². The van der Waals surface area contributed by atoms with E-state index in [1.807, 2.05) is 0 Å². The van der Waals surface area contributed by atoms with Crippen molar-refractivity contribution in [1.82, 2.24) is 19.8 Å². The molecule has 1 aliphatic heterocycles. The zero-order chi connectivity index (χ0) is 14.2. The van der Waals surface area contributed by atoms with E-state index in [4.69, 9.17) is 12.2 Å². The average Bonchev–Trinajstić information content (AvgIpc) is 2.30. The summed E-state index contributed by atoms with van der Waals surface area (Å²) in [7, 11) is 4.31. The topological polar surface area (TPSA) is 35.2 Å². The number of nitrogens with zero attached hydrogens (tertiary/aromatic N) is 3. The maximum absolute atomic E-state index is 5.48. The third-order valence-electron chi connectivity index (χ3n) is 3.92. The molecular weight excluding hydrogens is 256 g/mol. The molecule has 1 aromatic rings. The minimum atomic E-state index is 0.306. The van der Waals surface area contributed by atoms with Crippen LogP contribution in [-0.4, -0.2) is 53.5 Å². The molecule has 1 atom stereocenters. The van der Waals surface area contributed by atoms with Crippen LogP contribution in [-0.2, 0) is 0 Å². The summed E-state index contributed by atoms with van der Waals surface area (Å²) in [5.74, 6) is 1.41. The van der Waals surface area contributed by atoms with E-state index in [2.05, 4.69) is 54.6 Å². The first-order valence-electron chi connectivity index (χ1n) is 6.89. The van der Waals surface area contributed by atoms with Crippen LogP contribution in [0.1, 0.15) is 42.9 Å². The summed E-state index contributed by atoms with van der Waals surface area (Å²) in [5.41, 5.74) is 2.33. The highest BCUT2D eigenvalue weighted by atomic mass is 32.1. The number of aromatic nitrogens is 2. The van der Waals surface area contributed by atoms with Crippen LogP contribution in [0.2, 0.25) is 0 Å². The van der Waals surface area contributed by atoms with Crippen molar-refractivity contribution in [3.63, 3.8) is 0 Å². The normalized spacial score (nSPS) is 22.1. The number of piperazine rings is 1. The average molecular weight is 280 g/mol. The van der Waals surface area contributed by atoms with Crippen molar-refractivity contribution < 1.29 is 0 Å². The van der Waals surface area contributed by atoms with E-state index < -0.39 is 0 Å². The van der Waals surface area contributed by atoms with Gasteiger partial charge in [0.25, 0.3) is 0 Å². The van der Waals surface area contributed by atoms with Crippen molar-refractivity contribution in [2.45, 2.75) is 32.7 Å². The van der Waals surface area contributed by atoms with Crippen molar-refractivity contribution in [3.8, 4) is 0 Å². The first kappa shape index (κ1) is 14.6. The summed E-state index contributed by atoms with van der Waals surface area (Å²) in [6.07, 6.45) is 0. The quantitative estimate of drug-likeness (QED) is 0.844. The zero-order valence-corrected chi connectivity index (χ0v) is 13.3. The summed E-state index contributed by atoms with van der Waals surface area (Å²) < 4.78 is 0.753. The Hall–Kier alpha value is -0.780. The van der Waals surface area contributed by atoms with Crippen LogP contribution in [0.15, 0.2) is 0 Å². The maximum atomic E-state index is 5.48. The van der Waals surface area contributed by atoms with E-state index in [1.165, 1.54) is 5.56 Å². The largest absolute Gasteiger partial charge is 0.346 e. The lowest BCUT2D eigenvalue weighted by Crippen LogP contribution is -2.45. The van der Waals surface area contributed by atoms with Gasteiger partial charge in [-0.25, -0.2) is 4.98 Å². The zero-order valence-electron chi connectivity index (χ0n) is 12.5. The highest BCUT2D eigenvalue weighted by molar-refractivity contribution is 7.71. The molecule has 1 unspecified atom stereocenters. The van der Waals surface area contributed by atoms with Gasteiger partial charge in [0, 0.05) is 30.9 Å². The molecular formula is C14H24N4S. The highest BCUT2D eigenvalue weighted by Crippen LogP contribution is 2.24. The molecule has 0 radical (unpaired) electrons. The van der Waals surface area contributed by atoms with Crippen LogP contribution < -0.4 is 0 Å². The summed E-state index contributed by atoms with van der Waals surface area (Å²) in [4.78, 5) is 12.8. The van der Waals surface area contributed by atoms with Crippen LogP contribution in [0, 0.1) is 11.6 Å².